The first kappa shape index (κ1) is 13.9. The Morgan fingerprint density at radius 3 is 2.56 bits per heavy atom. The third-order valence-corrected chi connectivity index (χ3v) is 3.77. The molecule has 0 aliphatic carbocycles. The van der Waals surface area contributed by atoms with E-state index in [1.54, 1.807) is 0 Å². The van der Waals surface area contributed by atoms with Crippen LogP contribution in [0.25, 0.3) is 0 Å². The Morgan fingerprint density at radius 1 is 1.28 bits per heavy atom. The summed E-state index contributed by atoms with van der Waals surface area (Å²) in [6.45, 7) is 6.49. The molecular formula is C15H22ClNO. The van der Waals surface area contributed by atoms with Gasteiger partial charge in [-0.3, -0.25) is 0 Å². The first-order valence-electron chi connectivity index (χ1n) is 6.71. The Balaban J connectivity index is 1.96. The molecule has 0 saturated carbocycles. The van der Waals surface area contributed by atoms with Gasteiger partial charge in [0.15, 0.2) is 0 Å². The number of hydrogen-bond donors (Lipinski definition) is 1. The monoisotopic (exact) mass is 267 g/mol. The van der Waals surface area contributed by atoms with Gasteiger partial charge in [-0.1, -0.05) is 23.7 Å². The molecular weight excluding hydrogens is 246 g/mol. The summed E-state index contributed by atoms with van der Waals surface area (Å²) in [5.74, 6) is 0. The lowest BCUT2D eigenvalue weighted by Crippen LogP contribution is -2.42. The molecule has 1 heterocycles. The zero-order valence-corrected chi connectivity index (χ0v) is 12.1. The van der Waals surface area contributed by atoms with Crippen molar-refractivity contribution >= 4 is 11.6 Å². The third-order valence-electron chi connectivity index (χ3n) is 3.53. The lowest BCUT2D eigenvalue weighted by Gasteiger charge is -2.34. The average Bonchev–Trinajstić information content (AvgIpc) is 2.27. The number of benzene rings is 1. The molecule has 2 rings (SSSR count). The Kier molecular flexibility index (Phi) is 4.66. The van der Waals surface area contributed by atoms with Gasteiger partial charge in [-0.2, -0.15) is 0 Å². The predicted molar refractivity (Wildman–Crippen MR) is 76.0 cm³/mol. The SMILES string of the molecule is CC1CC(N[C@H](C)c2cccc(Cl)c2)CC(C)O1. The van der Waals surface area contributed by atoms with Crippen LogP contribution < -0.4 is 5.32 Å². The molecule has 0 amide bonds. The Labute approximate surface area is 115 Å². The molecule has 1 aromatic carbocycles. The van der Waals surface area contributed by atoms with Crippen LogP contribution in [0.2, 0.25) is 5.02 Å². The van der Waals surface area contributed by atoms with Gasteiger partial charge < -0.3 is 10.1 Å². The number of halogens is 1. The molecule has 1 aliphatic rings. The normalized spacial score (nSPS) is 30.1. The summed E-state index contributed by atoms with van der Waals surface area (Å²) in [7, 11) is 0. The maximum atomic E-state index is 6.03. The van der Waals surface area contributed by atoms with E-state index in [0.717, 1.165) is 17.9 Å². The molecule has 1 saturated heterocycles. The summed E-state index contributed by atoms with van der Waals surface area (Å²) >= 11 is 6.03. The zero-order valence-electron chi connectivity index (χ0n) is 11.3. The highest BCUT2D eigenvalue weighted by atomic mass is 35.5. The van der Waals surface area contributed by atoms with E-state index < -0.39 is 0 Å². The highest BCUT2D eigenvalue weighted by molar-refractivity contribution is 6.30. The highest BCUT2D eigenvalue weighted by Crippen LogP contribution is 2.23. The lowest BCUT2D eigenvalue weighted by atomic mass is 9.98. The maximum absolute atomic E-state index is 6.03. The first-order valence-corrected chi connectivity index (χ1v) is 7.09. The van der Waals surface area contributed by atoms with Gasteiger partial charge in [-0.15, -0.1) is 0 Å². The van der Waals surface area contributed by atoms with E-state index in [1.165, 1.54) is 5.56 Å². The Hall–Kier alpha value is -0.570. The smallest absolute Gasteiger partial charge is 0.0565 e. The number of ether oxygens (including phenoxy) is 1. The number of rotatable bonds is 3. The number of hydrogen-bond acceptors (Lipinski definition) is 2. The Morgan fingerprint density at radius 2 is 1.94 bits per heavy atom. The van der Waals surface area contributed by atoms with E-state index in [-0.39, 0.29) is 0 Å². The standard InChI is InChI=1S/C15H22ClNO/c1-10-7-15(8-11(2)18-10)17-12(3)13-5-4-6-14(16)9-13/h4-6,9-12,15,17H,7-8H2,1-3H3/t10?,11?,12-,15?/m1/s1. The third kappa shape index (κ3) is 3.71. The summed E-state index contributed by atoms with van der Waals surface area (Å²) < 4.78 is 5.76. The average molecular weight is 268 g/mol. The molecule has 1 aliphatic heterocycles. The fraction of sp³-hybridized carbons (Fsp3) is 0.600. The van der Waals surface area contributed by atoms with Crippen molar-refractivity contribution in [2.24, 2.45) is 0 Å². The van der Waals surface area contributed by atoms with E-state index in [9.17, 15) is 0 Å². The maximum Gasteiger partial charge on any atom is 0.0565 e. The van der Waals surface area contributed by atoms with Crippen LogP contribution >= 0.6 is 11.6 Å². The van der Waals surface area contributed by atoms with Gasteiger partial charge in [-0.25, -0.2) is 0 Å². The molecule has 1 aromatic rings. The first-order chi connectivity index (χ1) is 8.54. The highest BCUT2D eigenvalue weighted by Gasteiger charge is 2.25. The summed E-state index contributed by atoms with van der Waals surface area (Å²) in [5.41, 5.74) is 1.24. The van der Waals surface area contributed by atoms with Gasteiger partial charge in [0.05, 0.1) is 12.2 Å². The minimum absolute atomic E-state index is 0.325. The second-order valence-electron chi connectivity index (χ2n) is 5.37. The van der Waals surface area contributed by atoms with Crippen molar-refractivity contribution in [1.82, 2.24) is 5.32 Å². The summed E-state index contributed by atoms with van der Waals surface area (Å²) in [5, 5.41) is 4.49. The van der Waals surface area contributed by atoms with Crippen molar-refractivity contribution in [2.45, 2.75) is 57.9 Å². The van der Waals surface area contributed by atoms with Crippen LogP contribution in [-0.2, 0) is 4.74 Å². The molecule has 0 bridgehead atoms. The van der Waals surface area contributed by atoms with Crippen molar-refractivity contribution in [3.8, 4) is 0 Å². The lowest BCUT2D eigenvalue weighted by molar-refractivity contribution is -0.0433. The molecule has 1 fully saturated rings. The van der Waals surface area contributed by atoms with Gasteiger partial charge in [-0.05, 0) is 51.3 Å². The van der Waals surface area contributed by atoms with Gasteiger partial charge in [0.2, 0.25) is 0 Å². The fourth-order valence-corrected chi connectivity index (χ4v) is 2.97. The van der Waals surface area contributed by atoms with E-state index >= 15 is 0 Å². The molecule has 2 unspecified atom stereocenters. The number of nitrogens with one attached hydrogen (secondary N) is 1. The molecule has 0 aromatic heterocycles. The molecule has 100 valence electrons. The second kappa shape index (κ2) is 6.05. The van der Waals surface area contributed by atoms with Gasteiger partial charge >= 0.3 is 0 Å². The van der Waals surface area contributed by atoms with E-state index in [2.05, 4.69) is 32.2 Å². The van der Waals surface area contributed by atoms with E-state index in [4.69, 9.17) is 16.3 Å². The molecule has 0 spiro atoms. The van der Waals surface area contributed by atoms with E-state index in [1.807, 2.05) is 18.2 Å². The van der Waals surface area contributed by atoms with Gasteiger partial charge in [0.25, 0.3) is 0 Å². The van der Waals surface area contributed by atoms with Crippen molar-refractivity contribution in [3.63, 3.8) is 0 Å². The summed E-state index contributed by atoms with van der Waals surface area (Å²) in [6, 6.07) is 8.92. The van der Waals surface area contributed by atoms with Gasteiger partial charge in [0.1, 0.15) is 0 Å². The van der Waals surface area contributed by atoms with Crippen molar-refractivity contribution in [2.75, 3.05) is 0 Å². The molecule has 2 nitrogen and oxygen atoms in total. The molecule has 0 radical (unpaired) electrons. The van der Waals surface area contributed by atoms with Gasteiger partial charge in [0, 0.05) is 17.1 Å². The topological polar surface area (TPSA) is 21.3 Å². The molecule has 3 atom stereocenters. The Bertz CT molecular complexity index is 386. The molecule has 1 N–H and O–H groups in total. The van der Waals surface area contributed by atoms with Crippen LogP contribution in [-0.4, -0.2) is 18.2 Å². The van der Waals surface area contributed by atoms with E-state index in [0.29, 0.717) is 24.3 Å². The second-order valence-corrected chi connectivity index (χ2v) is 5.81. The van der Waals surface area contributed by atoms with Crippen LogP contribution in [0.1, 0.15) is 45.2 Å². The fourth-order valence-electron chi connectivity index (χ4n) is 2.77. The van der Waals surface area contributed by atoms with Crippen molar-refractivity contribution < 1.29 is 4.74 Å². The quantitative estimate of drug-likeness (QED) is 0.896. The van der Waals surface area contributed by atoms with Crippen LogP contribution in [0.15, 0.2) is 24.3 Å². The largest absolute Gasteiger partial charge is 0.375 e. The summed E-state index contributed by atoms with van der Waals surface area (Å²) in [4.78, 5) is 0. The predicted octanol–water partition coefficient (Wildman–Crippen LogP) is 3.95. The minimum atomic E-state index is 0.325. The minimum Gasteiger partial charge on any atom is -0.375 e. The summed E-state index contributed by atoms with van der Waals surface area (Å²) in [6.07, 6.45) is 2.85. The molecule has 18 heavy (non-hydrogen) atoms. The van der Waals surface area contributed by atoms with Crippen molar-refractivity contribution in [1.29, 1.82) is 0 Å². The van der Waals surface area contributed by atoms with Crippen LogP contribution in [0.5, 0.6) is 0 Å². The zero-order chi connectivity index (χ0) is 13.1. The van der Waals surface area contributed by atoms with Crippen molar-refractivity contribution in [3.05, 3.63) is 34.9 Å². The van der Waals surface area contributed by atoms with Crippen LogP contribution in [0.4, 0.5) is 0 Å². The van der Waals surface area contributed by atoms with Crippen LogP contribution in [0, 0.1) is 0 Å². The van der Waals surface area contributed by atoms with Crippen LogP contribution in [0.3, 0.4) is 0 Å². The molecule has 3 heteroatoms.